The third kappa shape index (κ3) is 4.44. The molecule has 0 saturated heterocycles. The molecular formula is C11H10F3NO3. The van der Waals surface area contributed by atoms with Gasteiger partial charge in [-0.1, -0.05) is 18.2 Å². The number of nitrogens with one attached hydrogen (secondary N) is 1. The van der Waals surface area contributed by atoms with Gasteiger partial charge in [-0.2, -0.15) is 13.2 Å². The van der Waals surface area contributed by atoms with Crippen molar-refractivity contribution in [1.82, 2.24) is 5.32 Å². The molecule has 0 saturated carbocycles. The molecule has 0 spiro atoms. The van der Waals surface area contributed by atoms with E-state index in [2.05, 4.69) is 0 Å². The molecule has 1 aromatic carbocycles. The first-order valence-corrected chi connectivity index (χ1v) is 4.95. The average molecular weight is 261 g/mol. The normalized spacial score (nSPS) is 12.8. The van der Waals surface area contributed by atoms with Crippen LogP contribution in [0, 0.1) is 0 Å². The lowest BCUT2D eigenvalue weighted by Crippen LogP contribution is -2.43. The van der Waals surface area contributed by atoms with Gasteiger partial charge >= 0.3 is 12.1 Å². The maximum Gasteiger partial charge on any atom is 0.391 e. The predicted molar refractivity (Wildman–Crippen MR) is 56.0 cm³/mol. The van der Waals surface area contributed by atoms with Crippen molar-refractivity contribution >= 4 is 11.9 Å². The fraction of sp³-hybridized carbons (Fsp3) is 0.273. The van der Waals surface area contributed by atoms with Crippen molar-refractivity contribution in [3.63, 3.8) is 0 Å². The minimum atomic E-state index is -4.66. The smallest absolute Gasteiger partial charge is 0.391 e. The topological polar surface area (TPSA) is 66.4 Å². The Labute approximate surface area is 100 Å². The second-order valence-corrected chi connectivity index (χ2v) is 3.55. The highest BCUT2D eigenvalue weighted by Gasteiger charge is 2.36. The van der Waals surface area contributed by atoms with Crippen LogP contribution in [-0.4, -0.2) is 29.2 Å². The summed E-state index contributed by atoms with van der Waals surface area (Å²) < 4.78 is 36.3. The quantitative estimate of drug-likeness (QED) is 0.868. The van der Waals surface area contributed by atoms with Crippen LogP contribution in [0.3, 0.4) is 0 Å². The molecule has 0 fully saturated rings. The molecule has 1 atom stereocenters. The van der Waals surface area contributed by atoms with E-state index in [9.17, 15) is 22.8 Å². The van der Waals surface area contributed by atoms with Gasteiger partial charge in [0.15, 0.2) is 0 Å². The lowest BCUT2D eigenvalue weighted by atomic mass is 10.1. The average Bonchev–Trinajstić information content (AvgIpc) is 2.27. The highest BCUT2D eigenvalue weighted by atomic mass is 19.4. The molecule has 0 aliphatic heterocycles. The van der Waals surface area contributed by atoms with Crippen LogP contribution in [0.5, 0.6) is 0 Å². The highest BCUT2D eigenvalue weighted by Crippen LogP contribution is 2.21. The summed E-state index contributed by atoms with van der Waals surface area (Å²) in [5.74, 6) is -2.58. The predicted octanol–water partition coefficient (Wildman–Crippen LogP) is 1.82. The monoisotopic (exact) mass is 261 g/mol. The number of hydrogen-bond donors (Lipinski definition) is 2. The fourth-order valence-corrected chi connectivity index (χ4v) is 1.26. The molecule has 98 valence electrons. The summed E-state index contributed by atoms with van der Waals surface area (Å²) in [5, 5.41) is 10.4. The number of hydrogen-bond acceptors (Lipinski definition) is 2. The van der Waals surface area contributed by atoms with E-state index < -0.39 is 30.5 Å². The minimum Gasteiger partial charge on any atom is -0.480 e. The zero-order valence-electron chi connectivity index (χ0n) is 9.07. The lowest BCUT2D eigenvalue weighted by Gasteiger charge is -2.16. The number of halogens is 3. The van der Waals surface area contributed by atoms with E-state index in [1.807, 2.05) is 5.32 Å². The van der Waals surface area contributed by atoms with E-state index in [0.29, 0.717) is 0 Å². The van der Waals surface area contributed by atoms with Gasteiger partial charge in [-0.15, -0.1) is 0 Å². The van der Waals surface area contributed by atoms with E-state index in [1.165, 1.54) is 24.3 Å². The summed E-state index contributed by atoms with van der Waals surface area (Å²) in [7, 11) is 0. The summed E-state index contributed by atoms with van der Waals surface area (Å²) in [5.41, 5.74) is 0.103. The van der Waals surface area contributed by atoms with Crippen LogP contribution in [-0.2, 0) is 4.79 Å². The summed E-state index contributed by atoms with van der Waals surface area (Å²) in [6.07, 6.45) is -6.27. The molecule has 2 N–H and O–H groups in total. The van der Waals surface area contributed by atoms with E-state index in [4.69, 9.17) is 5.11 Å². The standard InChI is InChI=1S/C11H10F3NO3/c12-11(13,14)6-8(10(17)18)15-9(16)7-4-2-1-3-5-7/h1-5,8H,6H2,(H,15,16)(H,17,18). The van der Waals surface area contributed by atoms with Gasteiger partial charge in [0.1, 0.15) is 6.04 Å². The largest absolute Gasteiger partial charge is 0.480 e. The van der Waals surface area contributed by atoms with Gasteiger partial charge < -0.3 is 10.4 Å². The van der Waals surface area contributed by atoms with E-state index >= 15 is 0 Å². The van der Waals surface area contributed by atoms with Crippen LogP contribution in [0.2, 0.25) is 0 Å². The number of aliphatic carboxylic acids is 1. The molecule has 0 aliphatic carbocycles. The Morgan fingerprint density at radius 3 is 2.22 bits per heavy atom. The van der Waals surface area contributed by atoms with Gasteiger partial charge in [-0.25, -0.2) is 4.79 Å². The first-order chi connectivity index (χ1) is 8.29. The molecule has 1 aromatic rings. The maximum atomic E-state index is 12.1. The molecule has 1 rings (SSSR count). The molecule has 7 heteroatoms. The second kappa shape index (κ2) is 5.52. The summed E-state index contributed by atoms with van der Waals surface area (Å²) in [6, 6.07) is 5.44. The number of carbonyl (C=O) groups excluding carboxylic acids is 1. The Morgan fingerprint density at radius 2 is 1.78 bits per heavy atom. The number of rotatable bonds is 4. The zero-order valence-corrected chi connectivity index (χ0v) is 9.07. The third-order valence-corrected chi connectivity index (χ3v) is 2.07. The molecule has 4 nitrogen and oxygen atoms in total. The van der Waals surface area contributed by atoms with Crippen LogP contribution in [0.25, 0.3) is 0 Å². The molecule has 0 bridgehead atoms. The molecule has 1 unspecified atom stereocenters. The SMILES string of the molecule is O=C(NC(CC(F)(F)F)C(=O)O)c1ccccc1. The number of carbonyl (C=O) groups is 2. The number of alkyl halides is 3. The highest BCUT2D eigenvalue weighted by molar-refractivity contribution is 5.96. The van der Waals surface area contributed by atoms with Gasteiger partial charge in [-0.05, 0) is 12.1 Å². The molecule has 1 amide bonds. The van der Waals surface area contributed by atoms with Crippen LogP contribution in [0.1, 0.15) is 16.8 Å². The summed E-state index contributed by atoms with van der Waals surface area (Å²) >= 11 is 0. The Hall–Kier alpha value is -2.05. The Kier molecular flexibility index (Phi) is 4.30. The Bertz CT molecular complexity index is 431. The van der Waals surface area contributed by atoms with Crippen molar-refractivity contribution in [2.24, 2.45) is 0 Å². The van der Waals surface area contributed by atoms with Gasteiger partial charge in [0.05, 0.1) is 6.42 Å². The fourth-order valence-electron chi connectivity index (χ4n) is 1.26. The van der Waals surface area contributed by atoms with Crippen molar-refractivity contribution < 1.29 is 27.9 Å². The minimum absolute atomic E-state index is 0.103. The maximum absolute atomic E-state index is 12.1. The van der Waals surface area contributed by atoms with Crippen LogP contribution < -0.4 is 5.32 Å². The van der Waals surface area contributed by atoms with Crippen molar-refractivity contribution in [2.75, 3.05) is 0 Å². The summed E-state index contributed by atoms with van der Waals surface area (Å²) in [6.45, 7) is 0. The second-order valence-electron chi connectivity index (χ2n) is 3.55. The zero-order chi connectivity index (χ0) is 13.8. The van der Waals surface area contributed by atoms with Gasteiger partial charge in [0.2, 0.25) is 0 Å². The van der Waals surface area contributed by atoms with Gasteiger partial charge in [-0.3, -0.25) is 4.79 Å². The number of amides is 1. The van der Waals surface area contributed by atoms with Crippen molar-refractivity contribution in [3.05, 3.63) is 35.9 Å². The van der Waals surface area contributed by atoms with Crippen molar-refractivity contribution in [1.29, 1.82) is 0 Å². The number of carboxylic acids is 1. The summed E-state index contributed by atoms with van der Waals surface area (Å²) in [4.78, 5) is 22.1. The van der Waals surface area contributed by atoms with E-state index in [1.54, 1.807) is 6.07 Å². The van der Waals surface area contributed by atoms with Crippen molar-refractivity contribution in [2.45, 2.75) is 18.6 Å². The number of carboxylic acid groups (broad SMARTS) is 1. The molecule has 0 aliphatic rings. The van der Waals surface area contributed by atoms with E-state index in [0.717, 1.165) is 0 Å². The van der Waals surface area contributed by atoms with Crippen LogP contribution in [0.15, 0.2) is 30.3 Å². The Balaban J connectivity index is 2.73. The molecule has 0 aromatic heterocycles. The Morgan fingerprint density at radius 1 is 1.22 bits per heavy atom. The van der Waals surface area contributed by atoms with E-state index in [-0.39, 0.29) is 5.56 Å². The number of benzene rings is 1. The first kappa shape index (κ1) is 14.0. The molecule has 0 heterocycles. The van der Waals surface area contributed by atoms with Crippen molar-refractivity contribution in [3.8, 4) is 0 Å². The third-order valence-electron chi connectivity index (χ3n) is 2.07. The van der Waals surface area contributed by atoms with Crippen LogP contribution in [0.4, 0.5) is 13.2 Å². The molecule has 18 heavy (non-hydrogen) atoms. The lowest BCUT2D eigenvalue weighted by molar-refractivity contribution is -0.157. The van der Waals surface area contributed by atoms with Gasteiger partial charge in [0.25, 0.3) is 5.91 Å². The first-order valence-electron chi connectivity index (χ1n) is 4.95. The molecule has 0 radical (unpaired) electrons. The van der Waals surface area contributed by atoms with Crippen LogP contribution >= 0.6 is 0 Å². The van der Waals surface area contributed by atoms with Gasteiger partial charge in [0, 0.05) is 5.56 Å². The molecular weight excluding hydrogens is 251 g/mol.